The van der Waals surface area contributed by atoms with Gasteiger partial charge in [-0.2, -0.15) is 5.26 Å². The lowest BCUT2D eigenvalue weighted by Gasteiger charge is -2.20. The number of halogens is 1. The molecule has 148 valence electrons. The molecule has 1 aliphatic rings. The highest BCUT2D eigenvalue weighted by Gasteiger charge is 2.37. The number of aliphatic carboxylic acids is 1. The van der Waals surface area contributed by atoms with Gasteiger partial charge in [-0.05, 0) is 23.8 Å². The monoisotopic (exact) mass is 417 g/mol. The van der Waals surface area contributed by atoms with E-state index in [1.165, 1.54) is 4.90 Å². The zero-order valence-electron chi connectivity index (χ0n) is 15.7. The van der Waals surface area contributed by atoms with Crippen molar-refractivity contribution in [3.8, 4) is 28.5 Å². The Morgan fingerprint density at radius 2 is 1.83 bits per heavy atom. The normalized spacial score (nSPS) is 15.8. The van der Waals surface area contributed by atoms with Crippen molar-refractivity contribution < 1.29 is 14.7 Å². The van der Waals surface area contributed by atoms with Crippen molar-refractivity contribution in [1.29, 1.82) is 5.26 Å². The number of amides is 1. The molecule has 1 amide bonds. The Morgan fingerprint density at radius 1 is 1.13 bits per heavy atom. The van der Waals surface area contributed by atoms with E-state index >= 15 is 0 Å². The number of carbonyl (C=O) groups is 2. The number of carboxylic acid groups (broad SMARTS) is 1. The van der Waals surface area contributed by atoms with E-state index in [4.69, 9.17) is 11.6 Å². The molecule has 1 atom stereocenters. The fourth-order valence-corrected chi connectivity index (χ4v) is 3.65. The number of benzene rings is 2. The second-order valence-electron chi connectivity index (χ2n) is 6.98. The van der Waals surface area contributed by atoms with Gasteiger partial charge in [-0.25, -0.2) is 4.98 Å². The first kappa shape index (κ1) is 19.6. The molecule has 1 N–H and O–H groups in total. The lowest BCUT2D eigenvalue weighted by Crippen LogP contribution is -2.28. The molecule has 2 heterocycles. The van der Waals surface area contributed by atoms with Crippen LogP contribution in [0.1, 0.15) is 12.0 Å². The standard InChI is InChI=1S/C23H16ClN3O3/c24-17-8-6-15(7-9-17)20-11-18(14-4-2-1-3-5-14)19(12-25)22(26-20)27-13-16(23(29)30)10-21(27)28/h1-9,11,16H,10,13H2,(H,29,30). The Balaban J connectivity index is 1.93. The third kappa shape index (κ3) is 3.63. The van der Waals surface area contributed by atoms with E-state index in [0.29, 0.717) is 16.3 Å². The van der Waals surface area contributed by atoms with Gasteiger partial charge in [0.2, 0.25) is 5.91 Å². The number of nitrogens with zero attached hydrogens (tertiary/aromatic N) is 3. The minimum Gasteiger partial charge on any atom is -0.481 e. The molecular formula is C23H16ClN3O3. The number of anilines is 1. The van der Waals surface area contributed by atoms with Crippen LogP contribution in [0.25, 0.3) is 22.4 Å². The van der Waals surface area contributed by atoms with Gasteiger partial charge in [0.05, 0.1) is 11.6 Å². The van der Waals surface area contributed by atoms with E-state index in [-0.39, 0.29) is 30.3 Å². The zero-order chi connectivity index (χ0) is 21.3. The van der Waals surface area contributed by atoms with Gasteiger partial charge in [0.25, 0.3) is 0 Å². The number of hydrogen-bond acceptors (Lipinski definition) is 4. The van der Waals surface area contributed by atoms with Gasteiger partial charge in [-0.1, -0.05) is 54.1 Å². The van der Waals surface area contributed by atoms with Gasteiger partial charge in [-0.3, -0.25) is 14.5 Å². The van der Waals surface area contributed by atoms with Crippen LogP contribution in [0, 0.1) is 17.2 Å². The van der Waals surface area contributed by atoms with E-state index in [1.807, 2.05) is 30.3 Å². The molecule has 0 spiro atoms. The Labute approximate surface area is 178 Å². The summed E-state index contributed by atoms with van der Waals surface area (Å²) in [5.41, 5.74) is 2.99. The highest BCUT2D eigenvalue weighted by atomic mass is 35.5. The van der Waals surface area contributed by atoms with Crippen molar-refractivity contribution in [3.05, 3.63) is 71.2 Å². The molecule has 4 rings (SSSR count). The van der Waals surface area contributed by atoms with Crippen LogP contribution in [-0.4, -0.2) is 28.5 Å². The van der Waals surface area contributed by atoms with Crippen LogP contribution in [0.2, 0.25) is 5.02 Å². The average Bonchev–Trinajstić information content (AvgIpc) is 3.16. The molecule has 1 fully saturated rings. The second-order valence-corrected chi connectivity index (χ2v) is 7.42. The number of aromatic nitrogens is 1. The summed E-state index contributed by atoms with van der Waals surface area (Å²) in [6.45, 7) is -0.0197. The highest BCUT2D eigenvalue weighted by molar-refractivity contribution is 6.30. The van der Waals surface area contributed by atoms with Gasteiger partial charge in [0.1, 0.15) is 11.6 Å². The fraction of sp³-hybridized carbons (Fsp3) is 0.130. The maximum atomic E-state index is 12.6. The largest absolute Gasteiger partial charge is 0.481 e. The van der Waals surface area contributed by atoms with Crippen molar-refractivity contribution >= 4 is 29.3 Å². The summed E-state index contributed by atoms with van der Waals surface area (Å²) in [6.07, 6.45) is -0.117. The van der Waals surface area contributed by atoms with Gasteiger partial charge < -0.3 is 5.11 Å². The van der Waals surface area contributed by atoms with E-state index in [1.54, 1.807) is 30.3 Å². The predicted molar refractivity (Wildman–Crippen MR) is 113 cm³/mol. The summed E-state index contributed by atoms with van der Waals surface area (Å²) >= 11 is 6.00. The fourth-order valence-electron chi connectivity index (χ4n) is 3.53. The van der Waals surface area contributed by atoms with Crippen LogP contribution in [0.4, 0.5) is 5.82 Å². The molecule has 1 aromatic heterocycles. The number of carbonyl (C=O) groups excluding carboxylic acids is 1. The minimum absolute atomic E-state index is 0.0197. The Kier molecular flexibility index (Phi) is 5.21. The third-order valence-electron chi connectivity index (χ3n) is 5.07. The van der Waals surface area contributed by atoms with Crippen LogP contribution in [0.15, 0.2) is 60.7 Å². The smallest absolute Gasteiger partial charge is 0.308 e. The molecule has 1 aliphatic heterocycles. The molecule has 0 radical (unpaired) electrons. The highest BCUT2D eigenvalue weighted by Crippen LogP contribution is 2.36. The average molecular weight is 418 g/mol. The Hall–Kier alpha value is -3.69. The Bertz CT molecular complexity index is 1170. The van der Waals surface area contributed by atoms with E-state index in [2.05, 4.69) is 11.1 Å². The van der Waals surface area contributed by atoms with Crippen LogP contribution in [0.5, 0.6) is 0 Å². The summed E-state index contributed by atoms with van der Waals surface area (Å²) in [7, 11) is 0. The third-order valence-corrected chi connectivity index (χ3v) is 5.32. The van der Waals surface area contributed by atoms with E-state index in [9.17, 15) is 20.0 Å². The van der Waals surface area contributed by atoms with Crippen LogP contribution in [0.3, 0.4) is 0 Å². The predicted octanol–water partition coefficient (Wildman–Crippen LogP) is 4.38. The molecule has 30 heavy (non-hydrogen) atoms. The second kappa shape index (κ2) is 7.97. The number of carboxylic acids is 1. The number of rotatable bonds is 4. The van der Waals surface area contributed by atoms with Gasteiger partial charge in [-0.15, -0.1) is 0 Å². The molecule has 1 unspecified atom stereocenters. The SMILES string of the molecule is N#Cc1c(-c2ccccc2)cc(-c2ccc(Cl)cc2)nc1N1CC(C(=O)O)CC1=O. The van der Waals surface area contributed by atoms with Gasteiger partial charge in [0, 0.05) is 29.1 Å². The lowest BCUT2D eigenvalue weighted by molar-refractivity contribution is -0.141. The van der Waals surface area contributed by atoms with Gasteiger partial charge in [0.15, 0.2) is 5.82 Å². The molecule has 1 saturated heterocycles. The number of pyridine rings is 1. The van der Waals surface area contributed by atoms with E-state index < -0.39 is 11.9 Å². The van der Waals surface area contributed by atoms with Gasteiger partial charge >= 0.3 is 5.97 Å². The number of nitriles is 1. The summed E-state index contributed by atoms with van der Waals surface area (Å²) in [5.74, 6) is -2.05. The lowest BCUT2D eigenvalue weighted by atomic mass is 9.98. The zero-order valence-corrected chi connectivity index (χ0v) is 16.5. The first-order valence-electron chi connectivity index (χ1n) is 9.27. The van der Waals surface area contributed by atoms with Crippen molar-refractivity contribution in [1.82, 2.24) is 4.98 Å². The first-order chi connectivity index (χ1) is 14.5. The van der Waals surface area contributed by atoms with Crippen molar-refractivity contribution in [2.45, 2.75) is 6.42 Å². The van der Waals surface area contributed by atoms with Crippen molar-refractivity contribution in [2.75, 3.05) is 11.4 Å². The topological polar surface area (TPSA) is 94.3 Å². The van der Waals surface area contributed by atoms with Crippen LogP contribution in [-0.2, 0) is 9.59 Å². The molecule has 3 aromatic rings. The van der Waals surface area contributed by atoms with Crippen molar-refractivity contribution in [3.63, 3.8) is 0 Å². The first-order valence-corrected chi connectivity index (χ1v) is 9.65. The molecule has 7 heteroatoms. The van der Waals surface area contributed by atoms with Crippen LogP contribution >= 0.6 is 11.6 Å². The summed E-state index contributed by atoms with van der Waals surface area (Å²) < 4.78 is 0. The Morgan fingerprint density at radius 3 is 2.43 bits per heavy atom. The number of hydrogen-bond donors (Lipinski definition) is 1. The van der Waals surface area contributed by atoms with Crippen LogP contribution < -0.4 is 4.90 Å². The van der Waals surface area contributed by atoms with E-state index in [0.717, 1.165) is 11.1 Å². The van der Waals surface area contributed by atoms with Crippen molar-refractivity contribution in [2.24, 2.45) is 5.92 Å². The summed E-state index contributed by atoms with van der Waals surface area (Å²) in [4.78, 5) is 29.9. The molecule has 2 aromatic carbocycles. The summed E-state index contributed by atoms with van der Waals surface area (Å²) in [6, 6.07) is 20.4. The molecule has 6 nitrogen and oxygen atoms in total. The molecular weight excluding hydrogens is 402 g/mol. The quantitative estimate of drug-likeness (QED) is 0.679. The molecule has 0 bridgehead atoms. The molecule has 0 saturated carbocycles. The molecule has 0 aliphatic carbocycles. The maximum Gasteiger partial charge on any atom is 0.308 e. The minimum atomic E-state index is -1.04. The maximum absolute atomic E-state index is 12.6. The summed E-state index contributed by atoms with van der Waals surface area (Å²) in [5, 5.41) is 19.8.